The molecular weight excluding hydrogens is 274 g/mol. The van der Waals surface area contributed by atoms with Gasteiger partial charge in [0.25, 0.3) is 0 Å². The molecule has 1 aromatic heterocycles. The van der Waals surface area contributed by atoms with E-state index in [4.69, 9.17) is 4.74 Å². The maximum Gasteiger partial charge on any atom is 0.123 e. The molecule has 2 N–H and O–H groups in total. The summed E-state index contributed by atoms with van der Waals surface area (Å²) in [6, 6.07) is 18.5. The molecule has 0 saturated heterocycles. The second-order valence-electron chi connectivity index (χ2n) is 5.09. The van der Waals surface area contributed by atoms with Crippen molar-refractivity contribution in [1.82, 2.24) is 15.5 Å². The number of hydrogen-bond donors (Lipinski definition) is 2. The highest BCUT2D eigenvalue weighted by Gasteiger charge is 2.03. The van der Waals surface area contributed by atoms with E-state index in [0.717, 1.165) is 35.7 Å². The summed E-state index contributed by atoms with van der Waals surface area (Å²) in [7, 11) is 1.70. The van der Waals surface area contributed by atoms with Crippen molar-refractivity contribution in [2.45, 2.75) is 13.1 Å². The molecule has 112 valence electrons. The van der Waals surface area contributed by atoms with Crippen molar-refractivity contribution in [2.75, 3.05) is 7.11 Å². The number of rotatable bonds is 6. The second kappa shape index (κ2) is 6.91. The predicted octanol–water partition coefficient (Wildman–Crippen LogP) is 3.38. The average Bonchev–Trinajstić information content (AvgIpc) is 3.10. The minimum Gasteiger partial charge on any atom is -0.496 e. The molecule has 22 heavy (non-hydrogen) atoms. The van der Waals surface area contributed by atoms with Crippen molar-refractivity contribution in [3.8, 4) is 17.0 Å². The van der Waals surface area contributed by atoms with Gasteiger partial charge >= 0.3 is 0 Å². The zero-order chi connectivity index (χ0) is 15.2. The maximum absolute atomic E-state index is 5.37. The van der Waals surface area contributed by atoms with Crippen LogP contribution in [0.1, 0.15) is 11.1 Å². The number of para-hydroxylation sites is 1. The molecule has 3 aromatic rings. The minimum absolute atomic E-state index is 0.776. The number of H-pyrrole nitrogens is 1. The first-order valence-electron chi connectivity index (χ1n) is 7.28. The summed E-state index contributed by atoms with van der Waals surface area (Å²) in [6.45, 7) is 1.58. The first-order chi connectivity index (χ1) is 10.9. The number of aromatic amines is 1. The number of hydrogen-bond acceptors (Lipinski definition) is 3. The Morgan fingerprint density at radius 1 is 1.05 bits per heavy atom. The van der Waals surface area contributed by atoms with E-state index < -0.39 is 0 Å². The van der Waals surface area contributed by atoms with Gasteiger partial charge < -0.3 is 10.1 Å². The van der Waals surface area contributed by atoms with Crippen LogP contribution >= 0.6 is 0 Å². The highest BCUT2D eigenvalue weighted by Crippen LogP contribution is 2.19. The molecule has 0 aliphatic rings. The van der Waals surface area contributed by atoms with Gasteiger partial charge in [-0.1, -0.05) is 36.4 Å². The first-order valence-corrected chi connectivity index (χ1v) is 7.28. The van der Waals surface area contributed by atoms with Gasteiger partial charge in [0.1, 0.15) is 5.75 Å². The fraction of sp³-hybridized carbons (Fsp3) is 0.167. The highest BCUT2D eigenvalue weighted by molar-refractivity contribution is 5.59. The maximum atomic E-state index is 5.37. The molecule has 0 bridgehead atoms. The number of ether oxygens (including phenoxy) is 1. The Kier molecular flexibility index (Phi) is 4.51. The normalized spacial score (nSPS) is 10.6. The van der Waals surface area contributed by atoms with Crippen LogP contribution in [-0.2, 0) is 13.1 Å². The number of nitrogens with zero attached hydrogens (tertiary/aromatic N) is 1. The Labute approximate surface area is 130 Å². The van der Waals surface area contributed by atoms with Gasteiger partial charge in [-0.25, -0.2) is 0 Å². The fourth-order valence-corrected chi connectivity index (χ4v) is 2.46. The third-order valence-electron chi connectivity index (χ3n) is 3.58. The zero-order valence-corrected chi connectivity index (χ0v) is 12.5. The largest absolute Gasteiger partial charge is 0.496 e. The summed E-state index contributed by atoms with van der Waals surface area (Å²) in [4.78, 5) is 0. The van der Waals surface area contributed by atoms with Gasteiger partial charge in [0.05, 0.1) is 12.8 Å². The minimum atomic E-state index is 0.776. The topological polar surface area (TPSA) is 49.9 Å². The molecule has 2 aromatic carbocycles. The van der Waals surface area contributed by atoms with Crippen LogP contribution in [0.4, 0.5) is 0 Å². The molecule has 0 unspecified atom stereocenters. The van der Waals surface area contributed by atoms with Crippen LogP contribution in [-0.4, -0.2) is 17.3 Å². The van der Waals surface area contributed by atoms with Crippen LogP contribution in [0.3, 0.4) is 0 Å². The van der Waals surface area contributed by atoms with Crippen molar-refractivity contribution >= 4 is 0 Å². The van der Waals surface area contributed by atoms with Crippen molar-refractivity contribution < 1.29 is 4.74 Å². The van der Waals surface area contributed by atoms with Gasteiger partial charge in [0, 0.05) is 24.8 Å². The van der Waals surface area contributed by atoms with E-state index in [1.807, 2.05) is 24.3 Å². The van der Waals surface area contributed by atoms with Crippen LogP contribution in [0.2, 0.25) is 0 Å². The van der Waals surface area contributed by atoms with E-state index >= 15 is 0 Å². The molecule has 0 radical (unpaired) electrons. The van der Waals surface area contributed by atoms with E-state index in [-0.39, 0.29) is 0 Å². The molecule has 0 atom stereocenters. The quantitative estimate of drug-likeness (QED) is 0.732. The number of benzene rings is 2. The van der Waals surface area contributed by atoms with E-state index in [0.29, 0.717) is 0 Å². The van der Waals surface area contributed by atoms with E-state index in [1.165, 1.54) is 5.56 Å². The Morgan fingerprint density at radius 2 is 1.95 bits per heavy atom. The predicted molar refractivity (Wildman–Crippen MR) is 87.6 cm³/mol. The molecule has 0 fully saturated rings. The summed E-state index contributed by atoms with van der Waals surface area (Å²) >= 11 is 0. The third-order valence-corrected chi connectivity index (χ3v) is 3.58. The molecule has 0 saturated carbocycles. The molecule has 0 spiro atoms. The lowest BCUT2D eigenvalue weighted by atomic mass is 10.1. The van der Waals surface area contributed by atoms with Gasteiger partial charge in [0.2, 0.25) is 0 Å². The van der Waals surface area contributed by atoms with E-state index in [1.54, 1.807) is 13.3 Å². The van der Waals surface area contributed by atoms with Crippen LogP contribution in [0.15, 0.2) is 60.8 Å². The van der Waals surface area contributed by atoms with E-state index in [2.05, 4.69) is 45.8 Å². The van der Waals surface area contributed by atoms with Crippen molar-refractivity contribution in [3.05, 3.63) is 71.9 Å². The molecule has 4 nitrogen and oxygen atoms in total. The fourth-order valence-electron chi connectivity index (χ4n) is 2.46. The lowest BCUT2D eigenvalue weighted by Crippen LogP contribution is -2.13. The summed E-state index contributed by atoms with van der Waals surface area (Å²) in [5.74, 6) is 0.918. The van der Waals surface area contributed by atoms with Gasteiger partial charge in [-0.2, -0.15) is 5.10 Å². The number of aromatic nitrogens is 2. The number of methoxy groups -OCH3 is 1. The molecule has 0 aliphatic carbocycles. The smallest absolute Gasteiger partial charge is 0.123 e. The summed E-state index contributed by atoms with van der Waals surface area (Å²) in [5.41, 5.74) is 4.58. The molecule has 4 heteroatoms. The van der Waals surface area contributed by atoms with Crippen molar-refractivity contribution in [2.24, 2.45) is 0 Å². The van der Waals surface area contributed by atoms with Crippen molar-refractivity contribution in [3.63, 3.8) is 0 Å². The zero-order valence-electron chi connectivity index (χ0n) is 12.5. The molecule has 3 rings (SSSR count). The Bertz CT molecular complexity index is 723. The van der Waals surface area contributed by atoms with Gasteiger partial charge in [-0.15, -0.1) is 0 Å². The van der Waals surface area contributed by atoms with Crippen LogP contribution in [0.25, 0.3) is 11.3 Å². The van der Waals surface area contributed by atoms with Crippen molar-refractivity contribution in [1.29, 1.82) is 0 Å². The highest BCUT2D eigenvalue weighted by atomic mass is 16.5. The van der Waals surface area contributed by atoms with Crippen LogP contribution in [0.5, 0.6) is 5.75 Å². The first kappa shape index (κ1) is 14.4. The summed E-state index contributed by atoms with van der Waals surface area (Å²) in [6.07, 6.45) is 1.77. The Morgan fingerprint density at radius 3 is 2.77 bits per heavy atom. The summed E-state index contributed by atoms with van der Waals surface area (Å²) < 4.78 is 5.37. The van der Waals surface area contributed by atoms with Crippen LogP contribution < -0.4 is 10.1 Å². The molecule has 0 aliphatic heterocycles. The van der Waals surface area contributed by atoms with Gasteiger partial charge in [-0.3, -0.25) is 5.10 Å². The lowest BCUT2D eigenvalue weighted by molar-refractivity contribution is 0.407. The SMILES string of the molecule is COc1ccccc1CNCc1cccc(-c2ccn[nH]2)c1. The molecular formula is C18H19N3O. The lowest BCUT2D eigenvalue weighted by Gasteiger charge is -2.10. The standard InChI is InChI=1S/C18H19N3O/c1-22-18-8-3-2-6-16(18)13-19-12-14-5-4-7-15(11-14)17-9-10-20-21-17/h2-11,19H,12-13H2,1H3,(H,20,21). The Balaban J connectivity index is 1.63. The van der Waals surface area contributed by atoms with E-state index in [9.17, 15) is 0 Å². The molecule has 1 heterocycles. The number of nitrogens with one attached hydrogen (secondary N) is 2. The average molecular weight is 293 g/mol. The monoisotopic (exact) mass is 293 g/mol. The van der Waals surface area contributed by atoms with Gasteiger partial charge in [-0.05, 0) is 29.3 Å². The second-order valence-corrected chi connectivity index (χ2v) is 5.09. The Hall–Kier alpha value is -2.59. The summed E-state index contributed by atoms with van der Waals surface area (Å²) in [5, 5.41) is 10.4. The molecule has 0 amide bonds. The van der Waals surface area contributed by atoms with Crippen LogP contribution in [0, 0.1) is 0 Å². The van der Waals surface area contributed by atoms with Gasteiger partial charge in [0.15, 0.2) is 0 Å². The third kappa shape index (κ3) is 3.35.